The van der Waals surface area contributed by atoms with E-state index in [1.165, 1.54) is 16.2 Å². The van der Waals surface area contributed by atoms with Gasteiger partial charge in [0, 0.05) is 18.8 Å². The van der Waals surface area contributed by atoms with E-state index in [-0.39, 0.29) is 24.9 Å². The first-order chi connectivity index (χ1) is 15.8. The Bertz CT molecular complexity index is 1050. The molecule has 0 radical (unpaired) electrons. The van der Waals surface area contributed by atoms with Crippen LogP contribution in [0.4, 0.5) is 21.9 Å². The molecule has 0 bridgehead atoms. The number of thiophene rings is 1. The minimum Gasteiger partial charge on any atom is -0.442 e. The fraction of sp³-hybridized carbons (Fsp3) is 0.409. The van der Waals surface area contributed by atoms with E-state index < -0.39 is 18.2 Å². The quantitative estimate of drug-likeness (QED) is 0.548. The number of amides is 3. The summed E-state index contributed by atoms with van der Waals surface area (Å²) in [5.74, 6) is -0.567. The lowest BCUT2D eigenvalue weighted by molar-refractivity contribution is -0.117. The van der Waals surface area contributed by atoms with Gasteiger partial charge < -0.3 is 26.0 Å². The van der Waals surface area contributed by atoms with Crippen LogP contribution in [0.15, 0.2) is 30.3 Å². The van der Waals surface area contributed by atoms with E-state index >= 15 is 0 Å². The number of anilines is 3. The van der Waals surface area contributed by atoms with Gasteiger partial charge in [-0.05, 0) is 50.1 Å². The number of rotatable bonds is 7. The predicted octanol–water partition coefficient (Wildman–Crippen LogP) is 3.04. The highest BCUT2D eigenvalue weighted by Gasteiger charge is 2.33. The van der Waals surface area contributed by atoms with Gasteiger partial charge in [0.2, 0.25) is 5.91 Å². The first-order valence-corrected chi connectivity index (χ1v) is 12.0. The van der Waals surface area contributed by atoms with Gasteiger partial charge in [-0.25, -0.2) is 4.79 Å². The molecule has 11 heteroatoms. The molecule has 2 saturated heterocycles. The van der Waals surface area contributed by atoms with E-state index in [9.17, 15) is 14.4 Å². The van der Waals surface area contributed by atoms with E-state index in [0.717, 1.165) is 31.6 Å². The van der Waals surface area contributed by atoms with Crippen LogP contribution >= 0.6 is 22.9 Å². The van der Waals surface area contributed by atoms with Crippen molar-refractivity contribution in [3.8, 4) is 0 Å². The van der Waals surface area contributed by atoms with Crippen LogP contribution in [0.1, 0.15) is 29.4 Å². The number of carbonyl (C=O) groups excluding carboxylic acids is 3. The number of benzene rings is 1. The summed E-state index contributed by atoms with van der Waals surface area (Å²) >= 11 is 7.06. The molecule has 0 spiro atoms. The van der Waals surface area contributed by atoms with Gasteiger partial charge in [-0.3, -0.25) is 14.5 Å². The summed E-state index contributed by atoms with van der Waals surface area (Å²) in [6.07, 6.45) is 1.17. The lowest BCUT2D eigenvalue weighted by Gasteiger charge is -2.24. The summed E-state index contributed by atoms with van der Waals surface area (Å²) in [5.41, 5.74) is 7.84. The van der Waals surface area contributed by atoms with Gasteiger partial charge in [-0.1, -0.05) is 11.6 Å². The third-order valence-corrected chi connectivity index (χ3v) is 6.80. The Kier molecular flexibility index (Phi) is 7.06. The van der Waals surface area contributed by atoms with Crippen molar-refractivity contribution in [1.29, 1.82) is 0 Å². The zero-order valence-electron chi connectivity index (χ0n) is 18.2. The van der Waals surface area contributed by atoms with Crippen molar-refractivity contribution in [3.63, 3.8) is 0 Å². The average Bonchev–Trinajstić information content (AvgIpc) is 3.53. The van der Waals surface area contributed by atoms with Crippen LogP contribution in [0.5, 0.6) is 0 Å². The molecule has 3 heterocycles. The Labute approximate surface area is 200 Å². The molecule has 2 aliphatic heterocycles. The minimum atomic E-state index is -0.664. The molecule has 4 rings (SSSR count). The van der Waals surface area contributed by atoms with Crippen LogP contribution < -0.4 is 26.2 Å². The van der Waals surface area contributed by atoms with Gasteiger partial charge >= 0.3 is 6.09 Å². The Balaban J connectivity index is 1.46. The lowest BCUT2D eigenvalue weighted by atomic mass is 10.2. The predicted molar refractivity (Wildman–Crippen MR) is 129 cm³/mol. The molecule has 3 amide bonds. The smallest absolute Gasteiger partial charge is 0.414 e. The van der Waals surface area contributed by atoms with Gasteiger partial charge in [0.25, 0.3) is 5.91 Å². The summed E-state index contributed by atoms with van der Waals surface area (Å²) in [6.45, 7) is 3.88. The lowest BCUT2D eigenvalue weighted by Crippen LogP contribution is -2.34. The molecule has 33 heavy (non-hydrogen) atoms. The van der Waals surface area contributed by atoms with Gasteiger partial charge in [0.15, 0.2) is 0 Å². The first-order valence-electron chi connectivity index (χ1n) is 10.8. The number of nitrogens with one attached hydrogen (secondary N) is 2. The van der Waals surface area contributed by atoms with E-state index in [1.54, 1.807) is 25.1 Å². The molecule has 1 aromatic heterocycles. The van der Waals surface area contributed by atoms with Crippen LogP contribution in [-0.2, 0) is 9.53 Å². The van der Waals surface area contributed by atoms with Crippen LogP contribution in [0.25, 0.3) is 0 Å². The molecule has 2 fully saturated rings. The van der Waals surface area contributed by atoms with Gasteiger partial charge in [-0.2, -0.15) is 0 Å². The normalized spacial score (nSPS) is 18.9. The Morgan fingerprint density at radius 1 is 1.27 bits per heavy atom. The second kappa shape index (κ2) is 9.98. The third-order valence-electron chi connectivity index (χ3n) is 5.57. The molecule has 2 aromatic rings. The van der Waals surface area contributed by atoms with Crippen LogP contribution in [0.2, 0.25) is 4.34 Å². The van der Waals surface area contributed by atoms with E-state index in [0.29, 0.717) is 20.6 Å². The highest BCUT2D eigenvalue weighted by atomic mass is 35.5. The van der Waals surface area contributed by atoms with Crippen molar-refractivity contribution in [3.05, 3.63) is 39.5 Å². The Morgan fingerprint density at radius 2 is 2.03 bits per heavy atom. The van der Waals surface area contributed by atoms with Crippen molar-refractivity contribution in [2.75, 3.05) is 41.3 Å². The SMILES string of the molecule is CC(N)C(=O)Nc1cc(N2CC(CNC(=O)c3ccc(Cl)s3)OC2=O)ccc1N1CCCC1. The molecule has 2 atom stereocenters. The molecule has 1 aromatic carbocycles. The molecule has 0 aliphatic carbocycles. The molecule has 9 nitrogen and oxygen atoms in total. The number of ether oxygens (including phenoxy) is 1. The van der Waals surface area contributed by atoms with Crippen molar-refractivity contribution in [1.82, 2.24) is 5.32 Å². The molecular formula is C22H26ClN5O4S. The maximum absolute atomic E-state index is 12.5. The maximum Gasteiger partial charge on any atom is 0.414 e. The largest absolute Gasteiger partial charge is 0.442 e. The molecule has 0 saturated carbocycles. The topological polar surface area (TPSA) is 117 Å². The highest BCUT2D eigenvalue weighted by Crippen LogP contribution is 2.34. The second-order valence-corrected chi connectivity index (χ2v) is 9.82. The summed E-state index contributed by atoms with van der Waals surface area (Å²) in [6, 6.07) is 8.15. The minimum absolute atomic E-state index is 0.177. The summed E-state index contributed by atoms with van der Waals surface area (Å²) in [4.78, 5) is 41.3. The molecule has 2 unspecified atom stereocenters. The fourth-order valence-corrected chi connectivity index (χ4v) is 4.80. The summed E-state index contributed by atoms with van der Waals surface area (Å²) in [7, 11) is 0. The standard InChI is InChI=1S/C22H26ClN5O4S/c1-13(24)20(29)26-16-10-14(4-5-17(16)27-8-2-3-9-27)28-12-15(32-22(28)31)11-25-21(30)18-6-7-19(23)33-18/h4-7,10,13,15H,2-3,8-9,11-12,24H2,1H3,(H,25,30)(H,26,29). The number of nitrogens with two attached hydrogens (primary N) is 1. The van der Waals surface area contributed by atoms with Crippen molar-refractivity contribution in [2.45, 2.75) is 31.9 Å². The Hall–Kier alpha value is -2.82. The summed E-state index contributed by atoms with van der Waals surface area (Å²) < 4.78 is 5.97. The zero-order chi connectivity index (χ0) is 23.5. The first kappa shape index (κ1) is 23.3. The van der Waals surface area contributed by atoms with Gasteiger partial charge in [-0.15, -0.1) is 11.3 Å². The molecule has 4 N–H and O–H groups in total. The number of nitrogens with zero attached hydrogens (tertiary/aromatic N) is 2. The zero-order valence-corrected chi connectivity index (χ0v) is 19.7. The van der Waals surface area contributed by atoms with E-state index in [2.05, 4.69) is 15.5 Å². The van der Waals surface area contributed by atoms with E-state index in [4.69, 9.17) is 22.1 Å². The van der Waals surface area contributed by atoms with Gasteiger partial charge in [0.05, 0.1) is 39.7 Å². The van der Waals surface area contributed by atoms with Crippen molar-refractivity contribution < 1.29 is 19.1 Å². The number of hydrogen-bond donors (Lipinski definition) is 3. The third kappa shape index (κ3) is 5.40. The number of cyclic esters (lactones) is 1. The van der Waals surface area contributed by atoms with Crippen LogP contribution in [0, 0.1) is 0 Å². The van der Waals surface area contributed by atoms with Crippen LogP contribution in [-0.4, -0.2) is 56.2 Å². The maximum atomic E-state index is 12.5. The monoisotopic (exact) mass is 491 g/mol. The Morgan fingerprint density at radius 3 is 2.70 bits per heavy atom. The number of hydrogen-bond acceptors (Lipinski definition) is 7. The fourth-order valence-electron chi connectivity index (χ4n) is 3.84. The summed E-state index contributed by atoms with van der Waals surface area (Å²) in [5, 5.41) is 5.66. The van der Waals surface area contributed by atoms with Crippen molar-refractivity contribution >= 4 is 57.9 Å². The second-order valence-electron chi connectivity index (χ2n) is 8.10. The molecular weight excluding hydrogens is 466 g/mol. The average molecular weight is 492 g/mol. The van der Waals surface area contributed by atoms with Gasteiger partial charge in [0.1, 0.15) is 6.10 Å². The van der Waals surface area contributed by atoms with E-state index in [1.807, 2.05) is 12.1 Å². The molecule has 176 valence electrons. The van der Waals surface area contributed by atoms with Crippen LogP contribution in [0.3, 0.4) is 0 Å². The van der Waals surface area contributed by atoms with Crippen molar-refractivity contribution in [2.24, 2.45) is 5.73 Å². The number of carbonyl (C=O) groups is 3. The highest BCUT2D eigenvalue weighted by molar-refractivity contribution is 7.18. The number of halogens is 1. The molecule has 2 aliphatic rings.